The first-order valence-corrected chi connectivity index (χ1v) is 10.5. The molecule has 4 heteroatoms. The number of thiophene rings is 1. The van der Waals surface area contributed by atoms with Crippen LogP contribution >= 0.6 is 11.3 Å². The first-order chi connectivity index (χ1) is 12.7. The fourth-order valence-electron chi connectivity index (χ4n) is 4.94. The minimum absolute atomic E-state index is 0.0968. The van der Waals surface area contributed by atoms with E-state index in [2.05, 4.69) is 58.6 Å². The van der Waals surface area contributed by atoms with E-state index in [1.807, 2.05) is 0 Å². The Hall–Kier alpha value is -2.07. The summed E-state index contributed by atoms with van der Waals surface area (Å²) in [5.41, 5.74) is 3.34. The van der Waals surface area contributed by atoms with Crippen molar-refractivity contribution in [1.29, 1.82) is 0 Å². The van der Waals surface area contributed by atoms with Crippen LogP contribution in [-0.2, 0) is 6.54 Å². The highest BCUT2D eigenvalue weighted by Gasteiger charge is 2.40. The van der Waals surface area contributed by atoms with Gasteiger partial charge in [0.1, 0.15) is 10.5 Å². The van der Waals surface area contributed by atoms with Gasteiger partial charge in [0.15, 0.2) is 0 Å². The molecule has 3 aromatic rings. The van der Waals surface area contributed by atoms with Gasteiger partial charge in [-0.05, 0) is 66.7 Å². The van der Waals surface area contributed by atoms with Crippen molar-refractivity contribution in [1.82, 2.24) is 9.88 Å². The minimum Gasteiger partial charge on any atom is -0.348 e. The molecule has 2 aromatic heterocycles. The van der Waals surface area contributed by atoms with Crippen molar-refractivity contribution in [2.45, 2.75) is 45.2 Å². The summed E-state index contributed by atoms with van der Waals surface area (Å²) in [5, 5.41) is 6.64. The van der Waals surface area contributed by atoms with Crippen LogP contribution in [-0.4, -0.2) is 16.5 Å². The lowest BCUT2D eigenvalue weighted by molar-refractivity contribution is 0.0914. The van der Waals surface area contributed by atoms with Gasteiger partial charge in [0.05, 0.1) is 0 Å². The monoisotopic (exact) mass is 364 g/mol. The predicted molar refractivity (Wildman–Crippen MR) is 107 cm³/mol. The van der Waals surface area contributed by atoms with Crippen molar-refractivity contribution >= 4 is 27.5 Å². The van der Waals surface area contributed by atoms with Crippen LogP contribution in [0.5, 0.6) is 0 Å². The van der Waals surface area contributed by atoms with Gasteiger partial charge >= 0.3 is 0 Å². The molecule has 26 heavy (non-hydrogen) atoms. The summed E-state index contributed by atoms with van der Waals surface area (Å²) in [5.74, 6) is 1.64. The molecule has 5 rings (SSSR count). The van der Waals surface area contributed by atoms with E-state index in [4.69, 9.17) is 0 Å². The standard InChI is InChI=1S/C22H24N2OS/c1-14-4-2-3-5-18(14)13-24-20(12-17-8-9-26-22(17)24)21(25)23-19-11-15-6-7-16(19)10-15/h2-5,8-9,12,15-16,19H,6-7,10-11,13H2,1H3,(H,23,25)/t15-,16-,19+/m0/s1. The van der Waals surface area contributed by atoms with E-state index in [-0.39, 0.29) is 5.91 Å². The lowest BCUT2D eigenvalue weighted by atomic mass is 9.95. The number of rotatable bonds is 4. The van der Waals surface area contributed by atoms with Gasteiger partial charge in [0.25, 0.3) is 5.91 Å². The molecule has 3 atom stereocenters. The van der Waals surface area contributed by atoms with Crippen LogP contribution in [0.1, 0.15) is 47.3 Å². The Balaban J connectivity index is 1.46. The third-order valence-corrected chi connectivity index (χ3v) is 7.33. The number of carbonyl (C=O) groups is 1. The largest absolute Gasteiger partial charge is 0.348 e. The Morgan fingerprint density at radius 3 is 2.88 bits per heavy atom. The Kier molecular flexibility index (Phi) is 3.89. The fourth-order valence-corrected chi connectivity index (χ4v) is 5.84. The molecule has 134 valence electrons. The molecule has 2 heterocycles. The number of fused-ring (bicyclic) bond motifs is 3. The first-order valence-electron chi connectivity index (χ1n) is 9.61. The summed E-state index contributed by atoms with van der Waals surface area (Å²) in [6.07, 6.45) is 5.12. The molecular weight excluding hydrogens is 340 g/mol. The van der Waals surface area contributed by atoms with Crippen LogP contribution in [0.3, 0.4) is 0 Å². The first kappa shape index (κ1) is 16.1. The predicted octanol–water partition coefficient (Wildman–Crippen LogP) is 4.98. The summed E-state index contributed by atoms with van der Waals surface area (Å²) in [6.45, 7) is 2.88. The highest BCUT2D eigenvalue weighted by atomic mass is 32.1. The molecule has 0 aliphatic heterocycles. The zero-order chi connectivity index (χ0) is 17.7. The lowest BCUT2D eigenvalue weighted by Gasteiger charge is -2.23. The normalized spacial score (nSPS) is 24.4. The van der Waals surface area contributed by atoms with Crippen molar-refractivity contribution < 1.29 is 4.79 Å². The number of amides is 1. The fraction of sp³-hybridized carbons (Fsp3) is 0.409. The topological polar surface area (TPSA) is 34.0 Å². The van der Waals surface area contributed by atoms with E-state index < -0.39 is 0 Å². The Bertz CT molecular complexity index is 970. The van der Waals surface area contributed by atoms with Crippen molar-refractivity contribution in [3.05, 3.63) is 58.6 Å². The molecule has 2 fully saturated rings. The molecule has 2 bridgehead atoms. The van der Waals surface area contributed by atoms with Crippen molar-refractivity contribution in [3.8, 4) is 0 Å². The highest BCUT2D eigenvalue weighted by molar-refractivity contribution is 7.16. The molecule has 3 nitrogen and oxygen atoms in total. The Labute approximate surface area is 158 Å². The number of benzene rings is 1. The maximum Gasteiger partial charge on any atom is 0.268 e. The van der Waals surface area contributed by atoms with Crippen molar-refractivity contribution in [2.75, 3.05) is 0 Å². The van der Waals surface area contributed by atoms with Gasteiger partial charge in [0, 0.05) is 18.0 Å². The lowest BCUT2D eigenvalue weighted by Crippen LogP contribution is -2.39. The molecule has 0 saturated heterocycles. The average molecular weight is 365 g/mol. The molecular formula is C22H24N2OS. The van der Waals surface area contributed by atoms with E-state index in [0.717, 1.165) is 18.2 Å². The van der Waals surface area contributed by atoms with Crippen LogP contribution in [0.25, 0.3) is 10.2 Å². The minimum atomic E-state index is 0.0968. The maximum absolute atomic E-state index is 13.1. The summed E-state index contributed by atoms with van der Waals surface area (Å²) in [4.78, 5) is 14.3. The van der Waals surface area contributed by atoms with Crippen molar-refractivity contribution in [2.24, 2.45) is 11.8 Å². The van der Waals surface area contributed by atoms with Gasteiger partial charge in [-0.2, -0.15) is 0 Å². The van der Waals surface area contributed by atoms with E-state index in [0.29, 0.717) is 12.0 Å². The summed E-state index contributed by atoms with van der Waals surface area (Å²) < 4.78 is 2.20. The zero-order valence-electron chi connectivity index (χ0n) is 15.1. The van der Waals surface area contributed by atoms with E-state index >= 15 is 0 Å². The van der Waals surface area contributed by atoms with Crippen LogP contribution in [0.2, 0.25) is 0 Å². The third-order valence-electron chi connectivity index (χ3n) is 6.38. The van der Waals surface area contributed by atoms with E-state index in [1.165, 1.54) is 47.0 Å². The molecule has 1 amide bonds. The number of nitrogens with zero attached hydrogens (tertiary/aromatic N) is 1. The van der Waals surface area contributed by atoms with Crippen molar-refractivity contribution in [3.63, 3.8) is 0 Å². The average Bonchev–Trinajstić information content (AvgIpc) is 3.38. The van der Waals surface area contributed by atoms with E-state index in [9.17, 15) is 4.79 Å². The molecule has 1 aromatic carbocycles. The Morgan fingerprint density at radius 2 is 2.12 bits per heavy atom. The number of aromatic nitrogens is 1. The van der Waals surface area contributed by atoms with Gasteiger partial charge in [-0.1, -0.05) is 30.7 Å². The SMILES string of the molecule is Cc1ccccc1Cn1c(C(=O)N[C@@H]2C[C@H]3CC[C@H]2C3)cc2ccsc21. The molecule has 0 spiro atoms. The van der Waals surface area contributed by atoms with Crippen LogP contribution < -0.4 is 5.32 Å². The van der Waals surface area contributed by atoms with Gasteiger partial charge in [-0.15, -0.1) is 11.3 Å². The second-order valence-corrected chi connectivity index (χ2v) is 8.87. The number of carbonyl (C=O) groups excluding carboxylic acids is 1. The molecule has 2 aliphatic rings. The molecule has 2 saturated carbocycles. The van der Waals surface area contributed by atoms with E-state index in [1.54, 1.807) is 11.3 Å². The number of aryl methyl sites for hydroxylation is 1. The second kappa shape index (κ2) is 6.27. The molecule has 0 radical (unpaired) electrons. The number of hydrogen-bond acceptors (Lipinski definition) is 2. The second-order valence-electron chi connectivity index (χ2n) is 7.98. The maximum atomic E-state index is 13.1. The highest BCUT2D eigenvalue weighted by Crippen LogP contribution is 2.44. The van der Waals surface area contributed by atoms with Gasteiger partial charge in [-0.25, -0.2) is 0 Å². The van der Waals surface area contributed by atoms with Gasteiger partial charge in [0.2, 0.25) is 0 Å². The van der Waals surface area contributed by atoms with Gasteiger partial charge < -0.3 is 9.88 Å². The number of nitrogens with one attached hydrogen (secondary N) is 1. The third kappa shape index (κ3) is 2.67. The molecule has 1 N–H and O–H groups in total. The summed E-state index contributed by atoms with van der Waals surface area (Å²) in [6, 6.07) is 13.0. The zero-order valence-corrected chi connectivity index (χ0v) is 15.9. The van der Waals surface area contributed by atoms with Crippen LogP contribution in [0.4, 0.5) is 0 Å². The number of hydrogen-bond donors (Lipinski definition) is 1. The van der Waals surface area contributed by atoms with Crippen LogP contribution in [0.15, 0.2) is 41.8 Å². The summed E-state index contributed by atoms with van der Waals surface area (Å²) >= 11 is 1.72. The summed E-state index contributed by atoms with van der Waals surface area (Å²) in [7, 11) is 0. The smallest absolute Gasteiger partial charge is 0.268 e. The van der Waals surface area contributed by atoms with Crippen LogP contribution in [0, 0.1) is 18.8 Å². The Morgan fingerprint density at radius 1 is 1.23 bits per heavy atom. The van der Waals surface area contributed by atoms with Gasteiger partial charge in [-0.3, -0.25) is 4.79 Å². The molecule has 0 unspecified atom stereocenters. The quantitative estimate of drug-likeness (QED) is 0.696. The molecule has 2 aliphatic carbocycles.